The largest absolute Gasteiger partial charge is 0.487 e. The minimum Gasteiger partial charge on any atom is -0.444 e. The molecule has 4 heterocycles. The van der Waals surface area contributed by atoms with E-state index in [0.29, 0.717) is 30.3 Å². The monoisotopic (exact) mass is 680 g/mol. The number of hydrogen-bond acceptors (Lipinski definition) is 8. The van der Waals surface area contributed by atoms with E-state index in [9.17, 15) is 13.2 Å². The van der Waals surface area contributed by atoms with Gasteiger partial charge in [0.1, 0.15) is 5.60 Å². The number of alkyl halides is 3. The third kappa shape index (κ3) is 6.81. The van der Waals surface area contributed by atoms with Crippen molar-refractivity contribution < 1.29 is 31.1 Å². The lowest BCUT2D eigenvalue weighted by atomic mass is 10.0. The van der Waals surface area contributed by atoms with Gasteiger partial charge in [0.05, 0.1) is 16.1 Å². The third-order valence-corrected chi connectivity index (χ3v) is 9.74. The van der Waals surface area contributed by atoms with E-state index >= 15 is 13.2 Å². The van der Waals surface area contributed by atoms with E-state index in [4.69, 9.17) is 4.74 Å². The molecule has 0 saturated carbocycles. The normalized spacial score (nSPS) is 19.0. The highest BCUT2D eigenvalue weighted by atomic mass is 32.2. The molecule has 1 unspecified atom stereocenters. The van der Waals surface area contributed by atoms with Crippen LogP contribution in [0.15, 0.2) is 95.2 Å². The van der Waals surface area contributed by atoms with Crippen LogP contribution in [-0.2, 0) is 14.8 Å². The fourth-order valence-corrected chi connectivity index (χ4v) is 7.32. The van der Waals surface area contributed by atoms with Crippen LogP contribution < -0.4 is 5.32 Å². The molecule has 1 amide bonds. The zero-order valence-corrected chi connectivity index (χ0v) is 27.4. The number of aromatic nitrogens is 2. The number of ether oxygens (including phenoxy) is 1. The Morgan fingerprint density at radius 1 is 1.00 bits per heavy atom. The van der Waals surface area contributed by atoms with Crippen LogP contribution in [0.2, 0.25) is 0 Å². The number of halogens is 3. The number of nitrogens with zero attached hydrogens (tertiary/aromatic N) is 5. The lowest BCUT2D eigenvalue weighted by molar-refractivity contribution is -0.237. The van der Waals surface area contributed by atoms with Crippen LogP contribution in [0.5, 0.6) is 0 Å². The number of carbonyl (C=O) groups excluding carboxylic acids is 1. The maximum absolute atomic E-state index is 15.0. The first-order chi connectivity index (χ1) is 22.7. The number of pyridine rings is 1. The van der Waals surface area contributed by atoms with Gasteiger partial charge in [-0.05, 0) is 81.1 Å². The highest BCUT2D eigenvalue weighted by Crippen LogP contribution is 2.40. The van der Waals surface area contributed by atoms with Crippen molar-refractivity contribution in [1.82, 2.24) is 24.1 Å². The molecule has 0 bridgehead atoms. The number of rotatable bonds is 6. The number of benzene rings is 2. The van der Waals surface area contributed by atoms with Crippen LogP contribution in [0.4, 0.5) is 18.0 Å². The second-order valence-electron chi connectivity index (χ2n) is 12.6. The van der Waals surface area contributed by atoms with Gasteiger partial charge >= 0.3 is 12.4 Å². The Labute approximate surface area is 276 Å². The summed E-state index contributed by atoms with van der Waals surface area (Å²) < 4.78 is 79.5. The molecule has 0 spiro atoms. The predicted octanol–water partition coefficient (Wildman–Crippen LogP) is 6.46. The molecule has 2 aromatic heterocycles. The van der Waals surface area contributed by atoms with Crippen molar-refractivity contribution in [1.29, 1.82) is 0 Å². The summed E-state index contributed by atoms with van der Waals surface area (Å²) in [7, 11) is -4.22. The molecule has 10 nitrogen and oxygen atoms in total. The van der Waals surface area contributed by atoms with Crippen LogP contribution in [0.25, 0.3) is 27.7 Å². The van der Waals surface area contributed by atoms with Gasteiger partial charge in [0.15, 0.2) is 6.29 Å². The first kappa shape index (κ1) is 33.2. The van der Waals surface area contributed by atoms with Crippen molar-refractivity contribution in [2.24, 2.45) is 4.99 Å². The highest BCUT2D eigenvalue weighted by Gasteiger charge is 2.46. The molecule has 0 aliphatic carbocycles. The molecule has 2 aromatic carbocycles. The first-order valence-corrected chi connectivity index (χ1v) is 16.9. The minimum atomic E-state index is -4.91. The molecule has 2 aliphatic rings. The molecular formula is C34H35F3N6O4S. The van der Waals surface area contributed by atoms with Gasteiger partial charge in [0.2, 0.25) is 0 Å². The Bertz CT molecular complexity index is 1970. The van der Waals surface area contributed by atoms with Gasteiger partial charge in [0.25, 0.3) is 10.0 Å². The standard InChI is InChI=1S/C34H35F3N6O4S/c1-33(2,3)47-32(44)41-19-7-8-25(21-41)40-31-39-18-15-29(43(31)34(35,36)37)28-22-42(48(45,46)26-9-5-4-6-10-26)30-20-24(11-12-27(28)30)23-13-16-38-17-14-23/h4-6,9-18,20,22,25,31,40H,7-8,19,21H2,1-3H3/t25-,31?/m0/s1. The van der Waals surface area contributed by atoms with Gasteiger partial charge < -0.3 is 9.64 Å². The Morgan fingerprint density at radius 3 is 2.42 bits per heavy atom. The fourth-order valence-electron chi connectivity index (χ4n) is 5.93. The number of aliphatic imine (C=N–C) groups is 1. The Balaban J connectivity index is 1.40. The SMILES string of the molecule is CC(C)(C)OC(=O)N1CCC[C@H](NC2N=CC=C(c3cn(S(=O)(=O)c4ccccc4)c4cc(-c5ccncc5)ccc34)N2C(F)(F)F)C1. The third-order valence-electron chi connectivity index (χ3n) is 8.06. The summed E-state index contributed by atoms with van der Waals surface area (Å²) in [5.74, 6) is 0. The molecule has 48 heavy (non-hydrogen) atoms. The molecule has 1 fully saturated rings. The topological polar surface area (TPSA) is 109 Å². The van der Waals surface area contributed by atoms with Crippen LogP contribution in [0, 0.1) is 0 Å². The maximum Gasteiger partial charge on any atom is 0.487 e. The van der Waals surface area contributed by atoms with E-state index < -0.39 is 40.3 Å². The van der Waals surface area contributed by atoms with E-state index in [1.807, 2.05) is 0 Å². The van der Waals surface area contributed by atoms with Gasteiger partial charge in [-0.15, -0.1) is 13.2 Å². The minimum absolute atomic E-state index is 0.0130. The molecular weight excluding hydrogens is 645 g/mol. The number of nitrogens with one attached hydrogen (secondary N) is 1. The number of hydrogen-bond donors (Lipinski definition) is 1. The van der Waals surface area contributed by atoms with Crippen molar-refractivity contribution in [2.45, 2.75) is 62.7 Å². The molecule has 4 aromatic rings. The summed E-state index contributed by atoms with van der Waals surface area (Å²) in [5, 5.41) is 3.29. The van der Waals surface area contributed by atoms with E-state index in [2.05, 4.69) is 15.3 Å². The number of piperidine rings is 1. The number of amides is 1. The second-order valence-corrected chi connectivity index (χ2v) is 14.4. The van der Waals surface area contributed by atoms with Gasteiger partial charge in [-0.2, -0.15) is 0 Å². The van der Waals surface area contributed by atoms with E-state index in [0.717, 1.165) is 9.54 Å². The lowest BCUT2D eigenvalue weighted by Crippen LogP contribution is -2.58. The predicted molar refractivity (Wildman–Crippen MR) is 176 cm³/mol. The number of fused-ring (bicyclic) bond motifs is 1. The molecule has 2 atom stereocenters. The van der Waals surface area contributed by atoms with Gasteiger partial charge in [0, 0.05) is 54.9 Å². The first-order valence-electron chi connectivity index (χ1n) is 15.4. The Hall–Kier alpha value is -4.69. The smallest absolute Gasteiger partial charge is 0.444 e. The lowest BCUT2D eigenvalue weighted by Gasteiger charge is -2.40. The Kier molecular flexibility index (Phi) is 8.81. The molecule has 6 rings (SSSR count). The molecule has 14 heteroatoms. The quantitative estimate of drug-likeness (QED) is 0.233. The summed E-state index contributed by atoms with van der Waals surface area (Å²) >= 11 is 0. The fraction of sp³-hybridized carbons (Fsp3) is 0.324. The maximum atomic E-state index is 15.0. The van der Waals surface area contributed by atoms with E-state index in [1.54, 1.807) is 81.7 Å². The second kappa shape index (κ2) is 12.7. The Morgan fingerprint density at radius 2 is 1.73 bits per heavy atom. The zero-order chi connectivity index (χ0) is 34.3. The van der Waals surface area contributed by atoms with Crippen LogP contribution >= 0.6 is 0 Å². The summed E-state index contributed by atoms with van der Waals surface area (Å²) in [6.45, 7) is 5.80. The van der Waals surface area contributed by atoms with Gasteiger partial charge in [-0.25, -0.2) is 22.1 Å². The van der Waals surface area contributed by atoms with Gasteiger partial charge in [-0.1, -0.05) is 30.3 Å². The van der Waals surface area contributed by atoms with E-state index in [-0.39, 0.29) is 33.1 Å². The number of carbonyl (C=O) groups is 1. The van der Waals surface area contributed by atoms with Crippen LogP contribution in [0.1, 0.15) is 39.2 Å². The average Bonchev–Trinajstić information content (AvgIpc) is 3.44. The molecule has 252 valence electrons. The van der Waals surface area contributed by atoms with Crippen LogP contribution in [-0.4, -0.2) is 76.8 Å². The summed E-state index contributed by atoms with van der Waals surface area (Å²) in [6, 6.07) is 15.7. The number of likely N-dealkylation sites (tertiary alicyclic amines) is 1. The zero-order valence-electron chi connectivity index (χ0n) is 26.6. The molecule has 1 N–H and O–H groups in total. The van der Waals surface area contributed by atoms with Crippen molar-refractivity contribution in [3.63, 3.8) is 0 Å². The summed E-state index contributed by atoms with van der Waals surface area (Å²) in [5.41, 5.74) is 0.690. The van der Waals surface area contributed by atoms with Gasteiger partial charge in [-0.3, -0.25) is 15.3 Å². The highest BCUT2D eigenvalue weighted by molar-refractivity contribution is 7.90. The number of allylic oxidation sites excluding steroid dienone is 1. The molecule has 1 saturated heterocycles. The summed E-state index contributed by atoms with van der Waals surface area (Å²) in [4.78, 5) is 22.6. The van der Waals surface area contributed by atoms with Crippen molar-refractivity contribution in [3.05, 3.63) is 90.9 Å². The van der Waals surface area contributed by atoms with Crippen molar-refractivity contribution >= 4 is 38.9 Å². The average molecular weight is 681 g/mol. The van der Waals surface area contributed by atoms with Crippen molar-refractivity contribution in [3.8, 4) is 11.1 Å². The molecule has 0 radical (unpaired) electrons. The summed E-state index contributed by atoms with van der Waals surface area (Å²) in [6.07, 6.45) is 0.999. The van der Waals surface area contributed by atoms with Crippen LogP contribution in [0.3, 0.4) is 0 Å². The van der Waals surface area contributed by atoms with Crippen molar-refractivity contribution in [2.75, 3.05) is 13.1 Å². The van der Waals surface area contributed by atoms with E-state index in [1.165, 1.54) is 35.5 Å². The molecule has 2 aliphatic heterocycles.